The highest BCUT2D eigenvalue weighted by Gasteiger charge is 2.16. The van der Waals surface area contributed by atoms with E-state index in [2.05, 4.69) is 24.5 Å². The molecule has 13 nitrogen and oxygen atoms in total. The van der Waals surface area contributed by atoms with Crippen molar-refractivity contribution in [2.24, 2.45) is 0 Å². The molecule has 0 spiro atoms. The zero-order valence-electron chi connectivity index (χ0n) is 25.0. The van der Waals surface area contributed by atoms with Gasteiger partial charge in [0.1, 0.15) is 0 Å². The van der Waals surface area contributed by atoms with Crippen LogP contribution in [0.2, 0.25) is 0 Å². The van der Waals surface area contributed by atoms with Gasteiger partial charge in [-0.3, -0.25) is 24.3 Å². The van der Waals surface area contributed by atoms with Crippen molar-refractivity contribution in [1.29, 1.82) is 0 Å². The number of aliphatic carboxylic acids is 3. The lowest BCUT2D eigenvalue weighted by Gasteiger charge is -2.30. The minimum absolute atomic E-state index is 0.0458. The molecule has 0 aliphatic rings. The molecule has 0 atom stereocenters. The second-order valence-corrected chi connectivity index (χ2v) is 10.3. The fraction of sp³-hybridized carbons (Fsp3) is 0.821. The summed E-state index contributed by atoms with van der Waals surface area (Å²) in [5, 5.41) is 39.3. The van der Waals surface area contributed by atoms with E-state index in [0.717, 1.165) is 64.2 Å². The highest BCUT2D eigenvalue weighted by atomic mass is 16.4. The fourth-order valence-corrected chi connectivity index (χ4v) is 4.24. The summed E-state index contributed by atoms with van der Waals surface area (Å²) in [5.41, 5.74) is 0. The van der Waals surface area contributed by atoms with Crippen molar-refractivity contribution < 1.29 is 39.3 Å². The number of carbonyl (C=O) groups excluding carboxylic acids is 5. The van der Waals surface area contributed by atoms with Gasteiger partial charge in [0.25, 0.3) is 0 Å². The highest BCUT2D eigenvalue weighted by Crippen LogP contribution is 2.02. The van der Waals surface area contributed by atoms with E-state index in [1.807, 2.05) is 0 Å². The molecule has 0 heterocycles. The SMILES string of the molecule is CCCCCCCNC(=O)CN(CCN(CCN(CC(=O)[O-])CC(=O)NCCCCCCC)CC(=O)[O-])CC(=O)[O-]. The van der Waals surface area contributed by atoms with E-state index < -0.39 is 37.5 Å². The van der Waals surface area contributed by atoms with Crippen LogP contribution in [0.25, 0.3) is 0 Å². The Morgan fingerprint density at radius 2 is 0.780 bits per heavy atom. The van der Waals surface area contributed by atoms with Gasteiger partial charge in [-0.1, -0.05) is 65.2 Å². The maximum atomic E-state index is 12.3. The highest BCUT2D eigenvalue weighted by molar-refractivity contribution is 5.79. The first-order chi connectivity index (χ1) is 19.6. The molecule has 13 heteroatoms. The number of rotatable bonds is 28. The predicted octanol–water partition coefficient (Wildman–Crippen LogP) is -2.68. The molecule has 0 bridgehead atoms. The molecule has 0 aliphatic carbocycles. The molecule has 0 aromatic rings. The fourth-order valence-electron chi connectivity index (χ4n) is 4.24. The van der Waals surface area contributed by atoms with Gasteiger partial charge in [-0.05, 0) is 12.8 Å². The van der Waals surface area contributed by atoms with Crippen molar-refractivity contribution in [3.8, 4) is 0 Å². The van der Waals surface area contributed by atoms with Crippen LogP contribution in [-0.4, -0.2) is 116 Å². The molecule has 238 valence electrons. The molecule has 41 heavy (non-hydrogen) atoms. The Morgan fingerprint density at radius 3 is 1.12 bits per heavy atom. The topological polar surface area (TPSA) is 188 Å². The van der Waals surface area contributed by atoms with Crippen LogP contribution in [0.3, 0.4) is 0 Å². The Kier molecular flexibility index (Phi) is 23.3. The van der Waals surface area contributed by atoms with Crippen molar-refractivity contribution >= 4 is 29.7 Å². The van der Waals surface area contributed by atoms with Crippen molar-refractivity contribution in [1.82, 2.24) is 25.3 Å². The largest absolute Gasteiger partial charge is 0.549 e. The summed E-state index contributed by atoms with van der Waals surface area (Å²) in [7, 11) is 0. The minimum atomic E-state index is -1.37. The molecule has 2 amide bonds. The van der Waals surface area contributed by atoms with Crippen LogP contribution in [-0.2, 0) is 24.0 Å². The molecule has 0 aromatic heterocycles. The molecular weight excluding hydrogens is 534 g/mol. The van der Waals surface area contributed by atoms with E-state index in [0.29, 0.717) is 13.1 Å². The van der Waals surface area contributed by atoms with E-state index >= 15 is 0 Å². The summed E-state index contributed by atoms with van der Waals surface area (Å²) in [6, 6.07) is 0. The number of hydrogen-bond acceptors (Lipinski definition) is 11. The van der Waals surface area contributed by atoms with Crippen LogP contribution in [0.4, 0.5) is 0 Å². The Labute approximate surface area is 244 Å². The van der Waals surface area contributed by atoms with Gasteiger partial charge in [0.15, 0.2) is 0 Å². The summed E-state index contributed by atoms with van der Waals surface area (Å²) in [5.74, 6) is -4.81. The first kappa shape index (κ1) is 38.2. The first-order valence-corrected chi connectivity index (χ1v) is 14.9. The number of nitrogens with one attached hydrogen (secondary N) is 2. The molecule has 0 saturated carbocycles. The van der Waals surface area contributed by atoms with Gasteiger partial charge < -0.3 is 40.3 Å². The van der Waals surface area contributed by atoms with Crippen LogP contribution in [0.5, 0.6) is 0 Å². The third kappa shape index (κ3) is 24.7. The zero-order valence-corrected chi connectivity index (χ0v) is 25.0. The third-order valence-electron chi connectivity index (χ3n) is 6.46. The van der Waals surface area contributed by atoms with E-state index in [1.54, 1.807) is 0 Å². The molecule has 0 radical (unpaired) electrons. The normalized spacial score (nSPS) is 11.2. The quantitative estimate of drug-likeness (QED) is 0.0912. The summed E-state index contributed by atoms with van der Waals surface area (Å²) >= 11 is 0. The van der Waals surface area contributed by atoms with Crippen molar-refractivity contribution in [3.05, 3.63) is 0 Å². The number of carboxylic acids is 3. The van der Waals surface area contributed by atoms with Gasteiger partial charge in [-0.2, -0.15) is 0 Å². The molecule has 2 N–H and O–H groups in total. The number of carbonyl (C=O) groups is 5. The molecular formula is C28H50N5O8-3. The van der Waals surface area contributed by atoms with Gasteiger partial charge in [0.05, 0.1) is 31.0 Å². The standard InChI is InChI=1S/C28H53N5O8/c1-3-5-7-9-11-13-29-24(34)19-32(22-27(38)39)17-15-31(21-26(36)37)16-18-33(23-28(40)41)20-25(35)30-14-12-10-8-6-4-2/h3-23H2,1-2H3,(H,29,34)(H,30,35)(H,36,37)(H,38,39)(H,40,41)/p-3. The monoisotopic (exact) mass is 584 g/mol. The number of nitrogens with zero attached hydrogens (tertiary/aromatic N) is 3. The average molecular weight is 585 g/mol. The number of amides is 2. The van der Waals surface area contributed by atoms with Crippen molar-refractivity contribution in [3.63, 3.8) is 0 Å². The second kappa shape index (κ2) is 25.0. The van der Waals surface area contributed by atoms with E-state index in [4.69, 9.17) is 0 Å². The van der Waals surface area contributed by atoms with Gasteiger partial charge >= 0.3 is 0 Å². The Balaban J connectivity index is 4.89. The summed E-state index contributed by atoms with van der Waals surface area (Å²) in [6.45, 7) is 3.50. The van der Waals surface area contributed by atoms with Crippen LogP contribution < -0.4 is 26.0 Å². The van der Waals surface area contributed by atoms with Gasteiger partial charge in [-0.25, -0.2) is 0 Å². The average Bonchev–Trinajstić information content (AvgIpc) is 2.88. The summed E-state index contributed by atoms with van der Waals surface area (Å²) in [4.78, 5) is 62.5. The Hall–Kier alpha value is -2.77. The lowest BCUT2D eigenvalue weighted by Crippen LogP contribution is -2.50. The van der Waals surface area contributed by atoms with Crippen molar-refractivity contribution in [2.75, 3.05) is 72.0 Å². The molecule has 0 rings (SSSR count). The molecule has 0 aromatic carbocycles. The maximum Gasteiger partial charge on any atom is 0.234 e. The molecule has 0 aliphatic heterocycles. The molecule has 0 fully saturated rings. The minimum Gasteiger partial charge on any atom is -0.549 e. The smallest absolute Gasteiger partial charge is 0.234 e. The van der Waals surface area contributed by atoms with Crippen LogP contribution in [0.15, 0.2) is 0 Å². The van der Waals surface area contributed by atoms with Gasteiger partial charge in [-0.15, -0.1) is 0 Å². The zero-order chi connectivity index (χ0) is 30.9. The number of unbranched alkanes of at least 4 members (excludes halogenated alkanes) is 8. The number of carboxylic acid groups (broad SMARTS) is 3. The first-order valence-electron chi connectivity index (χ1n) is 14.9. The number of hydrogen-bond donors (Lipinski definition) is 2. The molecule has 0 saturated heterocycles. The van der Waals surface area contributed by atoms with Gasteiger partial charge in [0.2, 0.25) is 11.8 Å². The Bertz CT molecular complexity index is 714. The summed E-state index contributed by atoms with van der Waals surface area (Å²) < 4.78 is 0. The van der Waals surface area contributed by atoms with Crippen LogP contribution >= 0.6 is 0 Å². The lowest BCUT2D eigenvalue weighted by atomic mass is 10.1. The lowest BCUT2D eigenvalue weighted by molar-refractivity contribution is -0.308. The maximum absolute atomic E-state index is 12.3. The third-order valence-corrected chi connectivity index (χ3v) is 6.46. The van der Waals surface area contributed by atoms with E-state index in [-0.39, 0.29) is 51.1 Å². The summed E-state index contributed by atoms with van der Waals surface area (Å²) in [6.07, 6.45) is 10.3. The molecule has 0 unspecified atom stereocenters. The van der Waals surface area contributed by atoms with Gasteiger partial charge in [0, 0.05) is 58.9 Å². The second-order valence-electron chi connectivity index (χ2n) is 10.3. The van der Waals surface area contributed by atoms with Crippen LogP contribution in [0, 0.1) is 0 Å². The van der Waals surface area contributed by atoms with Crippen LogP contribution in [0.1, 0.15) is 78.1 Å². The van der Waals surface area contributed by atoms with E-state index in [1.165, 1.54) is 14.7 Å². The van der Waals surface area contributed by atoms with Crippen molar-refractivity contribution in [2.45, 2.75) is 78.1 Å². The Morgan fingerprint density at radius 1 is 0.463 bits per heavy atom. The van der Waals surface area contributed by atoms with E-state index in [9.17, 15) is 39.3 Å². The predicted molar refractivity (Wildman–Crippen MR) is 148 cm³/mol.